The molecule has 0 unspecified atom stereocenters. The van der Waals surface area contributed by atoms with Gasteiger partial charge >= 0.3 is 0 Å². The highest BCUT2D eigenvalue weighted by molar-refractivity contribution is 5.15. The summed E-state index contributed by atoms with van der Waals surface area (Å²) in [5.41, 5.74) is 1.34. The minimum Gasteiger partial charge on any atom is -0.290 e. The van der Waals surface area contributed by atoms with Crippen LogP contribution in [0.25, 0.3) is 0 Å². The molecule has 0 fully saturated rings. The highest BCUT2D eigenvalue weighted by atomic mass is 15.1. The SMILES string of the molecule is CC[C@H](Cc1ccccc1)N(C)CC#N. The van der Waals surface area contributed by atoms with Crippen LogP contribution >= 0.6 is 0 Å². The number of nitrogens with zero attached hydrogens (tertiary/aromatic N) is 2. The molecule has 15 heavy (non-hydrogen) atoms. The fraction of sp³-hybridized carbons (Fsp3) is 0.462. The Hall–Kier alpha value is -1.33. The quantitative estimate of drug-likeness (QED) is 0.686. The first-order valence-electron chi connectivity index (χ1n) is 5.39. The van der Waals surface area contributed by atoms with Crippen molar-refractivity contribution in [3.8, 4) is 6.07 Å². The smallest absolute Gasteiger partial charge is 0.0866 e. The maximum atomic E-state index is 8.66. The molecule has 0 aliphatic rings. The molecule has 0 heterocycles. The van der Waals surface area contributed by atoms with Crippen molar-refractivity contribution in [2.75, 3.05) is 13.6 Å². The Morgan fingerprint density at radius 3 is 2.53 bits per heavy atom. The molecule has 2 nitrogen and oxygen atoms in total. The Morgan fingerprint density at radius 2 is 2.00 bits per heavy atom. The molecular formula is C13H18N2. The molecule has 0 spiro atoms. The molecule has 1 aromatic rings. The Morgan fingerprint density at radius 1 is 1.33 bits per heavy atom. The minimum atomic E-state index is 0.465. The Kier molecular flexibility index (Phi) is 4.86. The first-order chi connectivity index (χ1) is 7.27. The van der Waals surface area contributed by atoms with Crippen LogP contribution in [0.15, 0.2) is 30.3 Å². The molecule has 1 aromatic carbocycles. The van der Waals surface area contributed by atoms with Gasteiger partial charge in [0.05, 0.1) is 12.6 Å². The van der Waals surface area contributed by atoms with Crippen molar-refractivity contribution in [2.45, 2.75) is 25.8 Å². The second-order valence-corrected chi connectivity index (χ2v) is 3.83. The monoisotopic (exact) mass is 202 g/mol. The summed E-state index contributed by atoms with van der Waals surface area (Å²) in [6.45, 7) is 2.67. The highest BCUT2D eigenvalue weighted by Gasteiger charge is 2.12. The van der Waals surface area contributed by atoms with Gasteiger partial charge in [0.15, 0.2) is 0 Å². The molecule has 2 heteroatoms. The van der Waals surface area contributed by atoms with Crippen LogP contribution in [-0.4, -0.2) is 24.5 Å². The van der Waals surface area contributed by atoms with Gasteiger partial charge < -0.3 is 0 Å². The molecule has 0 radical (unpaired) electrons. The third kappa shape index (κ3) is 3.73. The van der Waals surface area contributed by atoms with Gasteiger partial charge in [0.25, 0.3) is 0 Å². The van der Waals surface area contributed by atoms with Crippen LogP contribution in [0.5, 0.6) is 0 Å². The van der Waals surface area contributed by atoms with E-state index in [-0.39, 0.29) is 0 Å². The summed E-state index contributed by atoms with van der Waals surface area (Å²) in [6.07, 6.45) is 2.10. The van der Waals surface area contributed by atoms with Gasteiger partial charge in [0.2, 0.25) is 0 Å². The number of benzene rings is 1. The van der Waals surface area contributed by atoms with E-state index in [4.69, 9.17) is 5.26 Å². The van der Waals surface area contributed by atoms with Crippen LogP contribution in [0.2, 0.25) is 0 Å². The van der Waals surface area contributed by atoms with Crippen LogP contribution in [0.4, 0.5) is 0 Å². The first-order valence-corrected chi connectivity index (χ1v) is 5.39. The number of nitriles is 1. The summed E-state index contributed by atoms with van der Waals surface area (Å²) in [7, 11) is 2.01. The molecule has 0 aliphatic heterocycles. The zero-order valence-electron chi connectivity index (χ0n) is 9.48. The third-order valence-electron chi connectivity index (χ3n) is 2.73. The second kappa shape index (κ2) is 6.21. The van der Waals surface area contributed by atoms with Crippen molar-refractivity contribution in [3.63, 3.8) is 0 Å². The summed E-state index contributed by atoms with van der Waals surface area (Å²) < 4.78 is 0. The lowest BCUT2D eigenvalue weighted by molar-refractivity contribution is 0.260. The van der Waals surface area contributed by atoms with E-state index >= 15 is 0 Å². The highest BCUT2D eigenvalue weighted by Crippen LogP contribution is 2.10. The largest absolute Gasteiger partial charge is 0.290 e. The molecule has 0 aliphatic carbocycles. The van der Waals surface area contributed by atoms with Gasteiger partial charge in [-0.15, -0.1) is 0 Å². The summed E-state index contributed by atoms with van der Waals surface area (Å²) >= 11 is 0. The molecule has 0 aromatic heterocycles. The van der Waals surface area contributed by atoms with Crippen molar-refractivity contribution >= 4 is 0 Å². The maximum absolute atomic E-state index is 8.66. The van der Waals surface area contributed by atoms with Gasteiger partial charge in [-0.1, -0.05) is 37.3 Å². The molecule has 0 N–H and O–H groups in total. The molecule has 0 bridgehead atoms. The fourth-order valence-electron chi connectivity index (χ4n) is 1.74. The van der Waals surface area contributed by atoms with Gasteiger partial charge in [0.1, 0.15) is 0 Å². The Bertz CT molecular complexity index is 313. The van der Waals surface area contributed by atoms with Crippen LogP contribution in [0.3, 0.4) is 0 Å². The number of hydrogen-bond donors (Lipinski definition) is 0. The van der Waals surface area contributed by atoms with Crippen molar-refractivity contribution in [2.24, 2.45) is 0 Å². The van der Waals surface area contributed by atoms with Gasteiger partial charge in [-0.3, -0.25) is 4.90 Å². The van der Waals surface area contributed by atoms with Gasteiger partial charge in [-0.05, 0) is 25.5 Å². The third-order valence-corrected chi connectivity index (χ3v) is 2.73. The molecule has 1 atom stereocenters. The molecule has 1 rings (SSSR count). The number of hydrogen-bond acceptors (Lipinski definition) is 2. The molecule has 0 amide bonds. The van der Waals surface area contributed by atoms with E-state index in [0.717, 1.165) is 12.8 Å². The lowest BCUT2D eigenvalue weighted by atomic mass is 10.0. The molecule has 0 saturated heterocycles. The first kappa shape index (κ1) is 11.7. The fourth-order valence-corrected chi connectivity index (χ4v) is 1.74. The van der Waals surface area contributed by atoms with Crippen LogP contribution in [0.1, 0.15) is 18.9 Å². The lowest BCUT2D eigenvalue weighted by Crippen LogP contribution is -2.33. The average Bonchev–Trinajstić information content (AvgIpc) is 2.27. The maximum Gasteiger partial charge on any atom is 0.0866 e. The van der Waals surface area contributed by atoms with E-state index in [1.54, 1.807) is 0 Å². The molecule has 0 saturated carbocycles. The van der Waals surface area contributed by atoms with Crippen molar-refractivity contribution in [1.29, 1.82) is 5.26 Å². The van der Waals surface area contributed by atoms with E-state index < -0.39 is 0 Å². The van der Waals surface area contributed by atoms with E-state index in [1.807, 2.05) is 13.1 Å². The summed E-state index contributed by atoms with van der Waals surface area (Å²) in [6, 6.07) is 13.1. The van der Waals surface area contributed by atoms with Crippen molar-refractivity contribution < 1.29 is 0 Å². The molecular weight excluding hydrogens is 184 g/mol. The normalized spacial score (nSPS) is 12.4. The van der Waals surface area contributed by atoms with Gasteiger partial charge in [0, 0.05) is 6.04 Å². The predicted molar refractivity (Wildman–Crippen MR) is 62.5 cm³/mol. The zero-order chi connectivity index (χ0) is 11.1. The topological polar surface area (TPSA) is 27.0 Å². The minimum absolute atomic E-state index is 0.465. The van der Waals surface area contributed by atoms with Gasteiger partial charge in [-0.25, -0.2) is 0 Å². The lowest BCUT2D eigenvalue weighted by Gasteiger charge is -2.24. The van der Waals surface area contributed by atoms with Crippen LogP contribution in [0, 0.1) is 11.3 Å². The van der Waals surface area contributed by atoms with Crippen molar-refractivity contribution in [1.82, 2.24) is 4.90 Å². The van der Waals surface area contributed by atoms with E-state index in [1.165, 1.54) is 5.56 Å². The van der Waals surface area contributed by atoms with Gasteiger partial charge in [-0.2, -0.15) is 5.26 Å². The van der Waals surface area contributed by atoms with Crippen LogP contribution in [-0.2, 0) is 6.42 Å². The van der Waals surface area contributed by atoms with E-state index in [0.29, 0.717) is 12.6 Å². The Balaban J connectivity index is 2.58. The van der Waals surface area contributed by atoms with Crippen molar-refractivity contribution in [3.05, 3.63) is 35.9 Å². The number of rotatable bonds is 5. The average molecular weight is 202 g/mol. The molecule has 80 valence electrons. The summed E-state index contributed by atoms with van der Waals surface area (Å²) in [4.78, 5) is 2.12. The summed E-state index contributed by atoms with van der Waals surface area (Å²) in [5.74, 6) is 0. The number of likely N-dealkylation sites (N-methyl/N-ethyl adjacent to an activating group) is 1. The van der Waals surface area contributed by atoms with E-state index in [9.17, 15) is 0 Å². The van der Waals surface area contributed by atoms with E-state index in [2.05, 4.69) is 42.2 Å². The standard InChI is InChI=1S/C13H18N2/c1-3-13(15(2)10-9-14)11-12-7-5-4-6-8-12/h4-8,13H,3,10-11H2,1-2H3/t13-/m1/s1. The summed E-state index contributed by atoms with van der Waals surface area (Å²) in [5, 5.41) is 8.66. The Labute approximate surface area is 92.1 Å². The zero-order valence-corrected chi connectivity index (χ0v) is 9.48. The van der Waals surface area contributed by atoms with Crippen LogP contribution < -0.4 is 0 Å². The predicted octanol–water partition coefficient (Wildman–Crippen LogP) is 2.46. The second-order valence-electron chi connectivity index (χ2n) is 3.83.